The monoisotopic (exact) mass is 299 g/mol. The molecule has 0 fully saturated rings. The average Bonchev–Trinajstić information content (AvgIpc) is 2.26. The Morgan fingerprint density at radius 3 is 2.45 bits per heavy atom. The number of anilines is 1. The van der Waals surface area contributed by atoms with E-state index in [9.17, 15) is 13.2 Å². The van der Waals surface area contributed by atoms with Crippen LogP contribution in [0.5, 0.6) is 0 Å². The first-order chi connectivity index (χ1) is 9.18. The smallest absolute Gasteiger partial charge is 0.305 e. The molecule has 0 unspecified atom stereocenters. The van der Waals surface area contributed by atoms with E-state index in [4.69, 9.17) is 5.11 Å². The molecule has 1 aromatic carbocycles. The molecular formula is C14H21NO4S. The minimum absolute atomic E-state index is 0.0745. The molecule has 0 aliphatic heterocycles. The molecule has 0 saturated heterocycles. The second-order valence-corrected chi connectivity index (χ2v) is 7.47. The molecule has 0 saturated carbocycles. The zero-order valence-electron chi connectivity index (χ0n) is 12.0. The topological polar surface area (TPSA) is 83.5 Å². The lowest BCUT2D eigenvalue weighted by atomic mass is 10.0. The minimum atomic E-state index is -3.35. The van der Waals surface area contributed by atoms with Crippen molar-refractivity contribution in [1.82, 2.24) is 0 Å². The molecule has 6 heteroatoms. The van der Waals surface area contributed by atoms with Crippen LogP contribution in [0.15, 0.2) is 29.2 Å². The zero-order valence-corrected chi connectivity index (χ0v) is 12.8. The molecule has 0 heterocycles. The first-order valence-electron chi connectivity index (χ1n) is 6.50. The number of para-hydroxylation sites is 1. The number of benzene rings is 1. The van der Waals surface area contributed by atoms with E-state index in [0.717, 1.165) is 0 Å². The maximum absolute atomic E-state index is 12.2. The Kier molecular flexibility index (Phi) is 5.16. The Hall–Kier alpha value is -1.56. The summed E-state index contributed by atoms with van der Waals surface area (Å²) in [5.74, 6) is -0.859. The zero-order chi connectivity index (χ0) is 15.4. The summed E-state index contributed by atoms with van der Waals surface area (Å²) >= 11 is 0. The number of hydrogen-bond acceptors (Lipinski definition) is 4. The lowest BCUT2D eigenvalue weighted by molar-refractivity contribution is -0.137. The Labute approximate surface area is 119 Å². The first-order valence-corrected chi connectivity index (χ1v) is 8.15. The quantitative estimate of drug-likeness (QED) is 0.808. The number of nitrogens with one attached hydrogen (secondary N) is 1. The lowest BCUT2D eigenvalue weighted by Gasteiger charge is -2.27. The van der Waals surface area contributed by atoms with Crippen LogP contribution < -0.4 is 5.32 Å². The number of carboxylic acid groups (broad SMARTS) is 1. The summed E-state index contributed by atoms with van der Waals surface area (Å²) in [6, 6.07) is 6.60. The molecule has 20 heavy (non-hydrogen) atoms. The van der Waals surface area contributed by atoms with Gasteiger partial charge in [0.25, 0.3) is 0 Å². The fourth-order valence-corrected chi connectivity index (χ4v) is 3.50. The Morgan fingerprint density at radius 1 is 1.30 bits per heavy atom. The molecule has 2 N–H and O–H groups in total. The van der Waals surface area contributed by atoms with Gasteiger partial charge in [0.2, 0.25) is 0 Å². The molecule has 5 nitrogen and oxygen atoms in total. The molecule has 0 aromatic heterocycles. The SMILES string of the molecule is CCCS(=O)(=O)c1ccccc1NC(C)(C)CC(=O)O. The van der Waals surface area contributed by atoms with Gasteiger partial charge in [-0.15, -0.1) is 0 Å². The fourth-order valence-electron chi connectivity index (χ4n) is 2.01. The lowest BCUT2D eigenvalue weighted by Crippen LogP contribution is -2.34. The molecular weight excluding hydrogens is 278 g/mol. The van der Waals surface area contributed by atoms with Crippen LogP contribution in [0.1, 0.15) is 33.6 Å². The van der Waals surface area contributed by atoms with Crippen molar-refractivity contribution in [3.63, 3.8) is 0 Å². The number of sulfone groups is 1. The van der Waals surface area contributed by atoms with Crippen molar-refractivity contribution in [3.8, 4) is 0 Å². The van der Waals surface area contributed by atoms with Crippen molar-refractivity contribution in [3.05, 3.63) is 24.3 Å². The number of carboxylic acids is 1. The highest BCUT2D eigenvalue weighted by Crippen LogP contribution is 2.26. The highest BCUT2D eigenvalue weighted by atomic mass is 32.2. The number of rotatable bonds is 7. The van der Waals surface area contributed by atoms with Crippen LogP contribution in [-0.2, 0) is 14.6 Å². The minimum Gasteiger partial charge on any atom is -0.481 e. The van der Waals surface area contributed by atoms with Crippen molar-refractivity contribution in [2.24, 2.45) is 0 Å². The van der Waals surface area contributed by atoms with Crippen LogP contribution in [0.25, 0.3) is 0 Å². The second-order valence-electron chi connectivity index (χ2n) is 5.39. The van der Waals surface area contributed by atoms with Crippen molar-refractivity contribution in [1.29, 1.82) is 0 Å². The van der Waals surface area contributed by atoms with Crippen LogP contribution in [0.2, 0.25) is 0 Å². The number of hydrogen-bond donors (Lipinski definition) is 2. The summed E-state index contributed by atoms with van der Waals surface area (Å²) in [4.78, 5) is 11.1. The van der Waals surface area contributed by atoms with E-state index in [1.54, 1.807) is 38.1 Å². The Bertz CT molecular complexity index is 579. The van der Waals surface area contributed by atoms with Crippen LogP contribution in [0.4, 0.5) is 5.69 Å². The maximum atomic E-state index is 12.2. The van der Waals surface area contributed by atoms with E-state index in [-0.39, 0.29) is 17.1 Å². The summed E-state index contributed by atoms with van der Waals surface area (Å²) in [7, 11) is -3.35. The van der Waals surface area contributed by atoms with Gasteiger partial charge in [-0.05, 0) is 32.4 Å². The van der Waals surface area contributed by atoms with E-state index in [2.05, 4.69) is 5.32 Å². The van der Waals surface area contributed by atoms with E-state index in [1.165, 1.54) is 0 Å². The summed E-state index contributed by atoms with van der Waals surface area (Å²) < 4.78 is 24.4. The molecule has 0 atom stereocenters. The van der Waals surface area contributed by atoms with Crippen molar-refractivity contribution < 1.29 is 18.3 Å². The molecule has 0 aliphatic rings. The highest BCUT2D eigenvalue weighted by Gasteiger charge is 2.25. The van der Waals surface area contributed by atoms with E-state index >= 15 is 0 Å². The summed E-state index contributed by atoms with van der Waals surface area (Å²) in [5.41, 5.74) is -0.281. The van der Waals surface area contributed by atoms with Gasteiger partial charge < -0.3 is 10.4 Å². The summed E-state index contributed by atoms with van der Waals surface area (Å²) in [5, 5.41) is 11.9. The average molecular weight is 299 g/mol. The highest BCUT2D eigenvalue weighted by molar-refractivity contribution is 7.91. The van der Waals surface area contributed by atoms with Gasteiger partial charge in [-0.25, -0.2) is 8.42 Å². The number of aliphatic carboxylic acids is 1. The second kappa shape index (κ2) is 6.26. The summed E-state index contributed by atoms with van der Waals surface area (Å²) in [6.07, 6.45) is 0.435. The van der Waals surface area contributed by atoms with Crippen LogP contribution in [-0.4, -0.2) is 30.8 Å². The van der Waals surface area contributed by atoms with Gasteiger partial charge in [0.1, 0.15) is 0 Å². The molecule has 0 spiro atoms. The maximum Gasteiger partial charge on any atom is 0.305 e. The third kappa shape index (κ3) is 4.52. The fraction of sp³-hybridized carbons (Fsp3) is 0.500. The molecule has 1 rings (SSSR count). The Morgan fingerprint density at radius 2 is 1.90 bits per heavy atom. The van der Waals surface area contributed by atoms with Crippen LogP contribution in [0, 0.1) is 0 Å². The van der Waals surface area contributed by atoms with Gasteiger partial charge >= 0.3 is 5.97 Å². The molecule has 0 amide bonds. The van der Waals surface area contributed by atoms with Crippen molar-refractivity contribution >= 4 is 21.5 Å². The van der Waals surface area contributed by atoms with Crippen molar-refractivity contribution in [2.75, 3.05) is 11.1 Å². The van der Waals surface area contributed by atoms with Gasteiger partial charge in [0, 0.05) is 5.54 Å². The molecule has 0 bridgehead atoms. The summed E-state index contributed by atoms with van der Waals surface area (Å²) in [6.45, 7) is 5.26. The number of carbonyl (C=O) groups is 1. The standard InChI is InChI=1S/C14H21NO4S/c1-4-9-20(18,19)12-8-6-5-7-11(12)15-14(2,3)10-13(16)17/h5-8,15H,4,9-10H2,1-3H3,(H,16,17). The molecule has 1 aromatic rings. The molecule has 0 radical (unpaired) electrons. The van der Waals surface area contributed by atoms with E-state index < -0.39 is 21.3 Å². The molecule has 112 valence electrons. The predicted octanol–water partition coefficient (Wildman–Crippen LogP) is 2.54. The molecule has 0 aliphatic carbocycles. The first kappa shape index (κ1) is 16.5. The van der Waals surface area contributed by atoms with Crippen LogP contribution >= 0.6 is 0 Å². The van der Waals surface area contributed by atoms with E-state index in [1.807, 2.05) is 6.92 Å². The third-order valence-corrected chi connectivity index (χ3v) is 4.73. The van der Waals surface area contributed by atoms with Gasteiger partial charge in [0.15, 0.2) is 9.84 Å². The van der Waals surface area contributed by atoms with Crippen LogP contribution in [0.3, 0.4) is 0 Å². The third-order valence-electron chi connectivity index (χ3n) is 2.76. The van der Waals surface area contributed by atoms with Crippen molar-refractivity contribution in [2.45, 2.75) is 44.0 Å². The normalized spacial score (nSPS) is 12.2. The van der Waals surface area contributed by atoms with Gasteiger partial charge in [-0.2, -0.15) is 0 Å². The van der Waals surface area contributed by atoms with Gasteiger partial charge in [-0.1, -0.05) is 19.1 Å². The van der Waals surface area contributed by atoms with Gasteiger partial charge in [-0.3, -0.25) is 4.79 Å². The predicted molar refractivity (Wildman–Crippen MR) is 78.7 cm³/mol. The van der Waals surface area contributed by atoms with Gasteiger partial charge in [0.05, 0.1) is 22.8 Å². The largest absolute Gasteiger partial charge is 0.481 e. The van der Waals surface area contributed by atoms with E-state index in [0.29, 0.717) is 12.1 Å². The Balaban J connectivity index is 3.12.